The summed E-state index contributed by atoms with van der Waals surface area (Å²) in [5.41, 5.74) is 0. The molecule has 2 N–H and O–H groups in total. The molecule has 1 aliphatic rings. The predicted molar refractivity (Wildman–Crippen MR) is 155 cm³/mol. The number of allylic oxidation sites excluding steroid dienone is 2. The maximum Gasteiger partial charge on any atom is 0.306 e. The molecule has 6 heteroatoms. The Balaban J connectivity index is 1.66. The van der Waals surface area contributed by atoms with Crippen LogP contribution in [0.25, 0.3) is 0 Å². The predicted octanol–water partition coefficient (Wildman–Crippen LogP) is 5.70. The van der Waals surface area contributed by atoms with E-state index in [2.05, 4.69) is 13.8 Å². The summed E-state index contributed by atoms with van der Waals surface area (Å²) < 4.78 is 20.3. The number of halogens is 1. The van der Waals surface area contributed by atoms with E-state index in [0.29, 0.717) is 32.1 Å². The Morgan fingerprint density at radius 3 is 2.18 bits per heavy atom. The van der Waals surface area contributed by atoms with E-state index in [4.69, 9.17) is 4.74 Å². The number of aliphatic hydroxyl groups excluding tert-OH is 1. The van der Waals surface area contributed by atoms with Gasteiger partial charge in [-0.3, -0.25) is 4.79 Å². The first-order chi connectivity index (χ1) is 18.1. The molecule has 4 atom stereocenters. The van der Waals surface area contributed by atoms with Gasteiger partial charge in [-0.2, -0.15) is 0 Å². The van der Waals surface area contributed by atoms with Crippen LogP contribution in [0.3, 0.4) is 0 Å². The van der Waals surface area contributed by atoms with Gasteiger partial charge in [0.2, 0.25) is 0 Å². The van der Waals surface area contributed by atoms with Crippen molar-refractivity contribution < 1.29 is 23.8 Å². The standard InChI is InChI=1S/C32H45FO4Si/c1-24(2)37-31(35)20-14-6-5-13-19-28-27(29(33)23-30(28)34)21-22-32(3,4)38(36,25-15-9-7-10-16-25)26-17-11-8-12-18-26/h5,7-13,15-18,24,27-30,34,36H,6,14,19-23H2,1-4H3/b13-5-/t27-,28-,29+,30+/m1/s1. The summed E-state index contributed by atoms with van der Waals surface area (Å²) in [4.78, 5) is 24.1. The lowest BCUT2D eigenvalue weighted by atomic mass is 9.85. The summed E-state index contributed by atoms with van der Waals surface area (Å²) in [5, 5.41) is 12.1. The fourth-order valence-corrected chi connectivity index (χ4v) is 9.69. The second-order valence-corrected chi connectivity index (χ2v) is 15.6. The molecule has 0 aromatic heterocycles. The zero-order chi connectivity index (χ0) is 27.8. The summed E-state index contributed by atoms with van der Waals surface area (Å²) in [6.07, 6.45) is 6.14. The van der Waals surface area contributed by atoms with E-state index < -0.39 is 25.6 Å². The normalized spacial score (nSPS) is 22.3. The van der Waals surface area contributed by atoms with Gasteiger partial charge < -0.3 is 14.6 Å². The molecular weight excluding hydrogens is 495 g/mol. The minimum atomic E-state index is -3.16. The molecule has 1 fully saturated rings. The summed E-state index contributed by atoms with van der Waals surface area (Å²) in [6, 6.07) is 19.8. The highest BCUT2D eigenvalue weighted by molar-refractivity contribution is 6.98. The molecule has 0 radical (unpaired) electrons. The number of hydrogen-bond acceptors (Lipinski definition) is 4. The zero-order valence-corrected chi connectivity index (χ0v) is 24.4. The second-order valence-electron chi connectivity index (χ2n) is 11.6. The van der Waals surface area contributed by atoms with Crippen LogP contribution in [0.4, 0.5) is 4.39 Å². The molecule has 38 heavy (non-hydrogen) atoms. The van der Waals surface area contributed by atoms with E-state index in [1.165, 1.54) is 0 Å². The average molecular weight is 541 g/mol. The number of unbranched alkanes of at least 4 members (excludes halogenated alkanes) is 1. The van der Waals surface area contributed by atoms with Crippen molar-refractivity contribution in [1.29, 1.82) is 0 Å². The number of hydrogen-bond donors (Lipinski definition) is 2. The third-order valence-electron chi connectivity index (χ3n) is 8.13. The number of alkyl halides is 1. The Kier molecular flexibility index (Phi) is 10.9. The number of benzene rings is 2. The van der Waals surface area contributed by atoms with Crippen LogP contribution in [0, 0.1) is 11.8 Å². The lowest BCUT2D eigenvalue weighted by molar-refractivity contribution is -0.147. The molecule has 0 saturated heterocycles. The lowest BCUT2D eigenvalue weighted by Gasteiger charge is -2.42. The van der Waals surface area contributed by atoms with Crippen molar-refractivity contribution in [2.24, 2.45) is 11.8 Å². The number of ether oxygens (including phenoxy) is 1. The highest BCUT2D eigenvalue weighted by Gasteiger charge is 2.51. The minimum Gasteiger partial charge on any atom is -0.463 e. The van der Waals surface area contributed by atoms with Crippen molar-refractivity contribution in [3.63, 3.8) is 0 Å². The summed E-state index contributed by atoms with van der Waals surface area (Å²) in [7, 11) is -3.16. The molecule has 0 aliphatic heterocycles. The molecule has 1 aliphatic carbocycles. The number of rotatable bonds is 13. The third-order valence-corrected chi connectivity index (χ3v) is 12.7. The highest BCUT2D eigenvalue weighted by Crippen LogP contribution is 2.46. The molecule has 4 nitrogen and oxygen atoms in total. The van der Waals surface area contributed by atoms with Crippen LogP contribution in [0.1, 0.15) is 72.6 Å². The van der Waals surface area contributed by atoms with Crippen molar-refractivity contribution in [1.82, 2.24) is 0 Å². The fraction of sp³-hybridized carbons (Fsp3) is 0.531. The maximum atomic E-state index is 15.1. The van der Waals surface area contributed by atoms with E-state index >= 15 is 4.39 Å². The first kappa shape index (κ1) is 30.3. The highest BCUT2D eigenvalue weighted by atomic mass is 28.4. The van der Waals surface area contributed by atoms with Gasteiger partial charge in [-0.25, -0.2) is 4.39 Å². The smallest absolute Gasteiger partial charge is 0.306 e. The number of esters is 1. The van der Waals surface area contributed by atoms with Crippen LogP contribution in [0.2, 0.25) is 5.04 Å². The zero-order valence-electron chi connectivity index (χ0n) is 23.4. The topological polar surface area (TPSA) is 66.8 Å². The van der Waals surface area contributed by atoms with Crippen LogP contribution in [-0.4, -0.2) is 42.6 Å². The molecule has 3 rings (SSSR count). The molecule has 2 aromatic carbocycles. The van der Waals surface area contributed by atoms with Gasteiger partial charge >= 0.3 is 5.97 Å². The lowest BCUT2D eigenvalue weighted by Crippen LogP contribution is -2.65. The van der Waals surface area contributed by atoms with Gasteiger partial charge in [0.1, 0.15) is 6.17 Å². The number of carbonyl (C=O) groups is 1. The van der Waals surface area contributed by atoms with Crippen LogP contribution in [-0.2, 0) is 9.53 Å². The molecule has 0 spiro atoms. The molecule has 0 bridgehead atoms. The van der Waals surface area contributed by atoms with Crippen molar-refractivity contribution in [2.45, 2.75) is 96.1 Å². The number of aliphatic hydroxyl groups is 1. The van der Waals surface area contributed by atoms with Crippen molar-refractivity contribution in [3.05, 3.63) is 72.8 Å². The van der Waals surface area contributed by atoms with Gasteiger partial charge in [0.25, 0.3) is 8.32 Å². The van der Waals surface area contributed by atoms with Gasteiger partial charge in [-0.05, 0) is 73.2 Å². The summed E-state index contributed by atoms with van der Waals surface area (Å²) >= 11 is 0. The van der Waals surface area contributed by atoms with Gasteiger partial charge in [-0.15, -0.1) is 0 Å². The first-order valence-corrected chi connectivity index (χ1v) is 16.0. The number of carbonyl (C=O) groups excluding carboxylic acids is 1. The third kappa shape index (κ3) is 7.43. The van der Waals surface area contributed by atoms with Gasteiger partial charge in [0, 0.05) is 12.8 Å². The summed E-state index contributed by atoms with van der Waals surface area (Å²) in [6.45, 7) is 7.90. The van der Waals surface area contributed by atoms with Crippen molar-refractivity contribution in [2.75, 3.05) is 0 Å². The fourth-order valence-electron chi connectivity index (χ4n) is 5.93. The Labute approximate surface area is 229 Å². The van der Waals surface area contributed by atoms with Gasteiger partial charge in [0.05, 0.1) is 12.2 Å². The molecule has 0 unspecified atom stereocenters. The molecule has 2 aromatic rings. The molecule has 1 saturated carbocycles. The van der Waals surface area contributed by atoms with Crippen LogP contribution >= 0.6 is 0 Å². The SMILES string of the molecule is CC(C)OC(=O)CCC/C=C\C[C@@H]1[C@@H](CCC(C)(C)[Si](O)(c2ccccc2)c2ccccc2)[C@@H](F)C[C@@H]1O. The van der Waals surface area contributed by atoms with Crippen LogP contribution < -0.4 is 10.4 Å². The quantitative estimate of drug-likeness (QED) is 0.148. The largest absolute Gasteiger partial charge is 0.463 e. The van der Waals surface area contributed by atoms with Gasteiger partial charge in [0.15, 0.2) is 0 Å². The van der Waals surface area contributed by atoms with E-state index in [1.807, 2.05) is 86.7 Å². The van der Waals surface area contributed by atoms with E-state index in [1.54, 1.807) is 0 Å². The molecule has 0 amide bonds. The van der Waals surface area contributed by atoms with Crippen molar-refractivity contribution >= 4 is 24.7 Å². The Morgan fingerprint density at radius 2 is 1.63 bits per heavy atom. The van der Waals surface area contributed by atoms with E-state index in [0.717, 1.165) is 16.8 Å². The maximum absolute atomic E-state index is 15.1. The van der Waals surface area contributed by atoms with Crippen LogP contribution in [0.5, 0.6) is 0 Å². The van der Waals surface area contributed by atoms with E-state index in [9.17, 15) is 14.7 Å². The Morgan fingerprint density at radius 1 is 1.05 bits per heavy atom. The average Bonchev–Trinajstić information content (AvgIpc) is 3.16. The first-order valence-electron chi connectivity index (χ1n) is 14.1. The van der Waals surface area contributed by atoms with E-state index in [-0.39, 0.29) is 30.3 Å². The summed E-state index contributed by atoms with van der Waals surface area (Å²) in [5.74, 6) is -0.581. The second kappa shape index (κ2) is 13.7. The Hall–Kier alpha value is -2.28. The van der Waals surface area contributed by atoms with Crippen LogP contribution in [0.15, 0.2) is 72.8 Å². The minimum absolute atomic E-state index is 0.100. The Bertz CT molecular complexity index is 985. The molecular formula is C32H45FO4Si. The molecule has 208 valence electrons. The van der Waals surface area contributed by atoms with Gasteiger partial charge in [-0.1, -0.05) is 86.7 Å². The monoisotopic (exact) mass is 540 g/mol. The van der Waals surface area contributed by atoms with Crippen molar-refractivity contribution in [3.8, 4) is 0 Å². The molecule has 0 heterocycles.